The van der Waals surface area contributed by atoms with Crippen LogP contribution in [0.2, 0.25) is 0 Å². The van der Waals surface area contributed by atoms with Gasteiger partial charge in [0.2, 0.25) is 0 Å². The van der Waals surface area contributed by atoms with Crippen LogP contribution in [0.4, 0.5) is 5.69 Å². The van der Waals surface area contributed by atoms with Crippen molar-refractivity contribution in [1.29, 1.82) is 0 Å². The van der Waals surface area contributed by atoms with Crippen molar-refractivity contribution < 1.29 is 14.7 Å². The Balaban J connectivity index is 1.96. The minimum absolute atomic E-state index is 0.267. The topological polar surface area (TPSA) is 57.6 Å². The van der Waals surface area contributed by atoms with E-state index in [0.29, 0.717) is 23.4 Å². The summed E-state index contributed by atoms with van der Waals surface area (Å²) >= 11 is 6.73. The standard InChI is InChI=1S/C20H19Br2NO3/c1-2-3-10-23-17-9-8-15(22)11-16(17)20(26,19(23)25)12-18(24)13-4-6-14(21)7-5-13/h4-9,11,26H,2-3,10,12H2,1H3/t20-/m0/s1. The highest BCUT2D eigenvalue weighted by atomic mass is 79.9. The molecule has 2 aromatic rings. The van der Waals surface area contributed by atoms with E-state index in [1.54, 1.807) is 35.2 Å². The molecule has 0 saturated carbocycles. The van der Waals surface area contributed by atoms with Gasteiger partial charge in [-0.25, -0.2) is 0 Å². The van der Waals surface area contributed by atoms with E-state index >= 15 is 0 Å². The average molecular weight is 481 g/mol. The van der Waals surface area contributed by atoms with E-state index < -0.39 is 11.5 Å². The molecule has 6 heteroatoms. The van der Waals surface area contributed by atoms with E-state index in [2.05, 4.69) is 31.9 Å². The number of anilines is 1. The SMILES string of the molecule is CCCCN1C(=O)[C@](O)(CC(=O)c2ccc(Br)cc2)c2cc(Br)ccc21. The van der Waals surface area contributed by atoms with Gasteiger partial charge in [0.25, 0.3) is 5.91 Å². The van der Waals surface area contributed by atoms with E-state index in [0.717, 1.165) is 21.8 Å². The molecule has 1 heterocycles. The van der Waals surface area contributed by atoms with Crippen LogP contribution in [-0.4, -0.2) is 23.3 Å². The van der Waals surface area contributed by atoms with Gasteiger partial charge >= 0.3 is 0 Å². The van der Waals surface area contributed by atoms with Crippen LogP contribution in [0.5, 0.6) is 0 Å². The van der Waals surface area contributed by atoms with Crippen molar-refractivity contribution in [2.45, 2.75) is 31.8 Å². The first-order valence-corrected chi connectivity index (χ1v) is 10.1. The van der Waals surface area contributed by atoms with Crippen LogP contribution in [0.1, 0.15) is 42.1 Å². The monoisotopic (exact) mass is 479 g/mol. The van der Waals surface area contributed by atoms with E-state index in [-0.39, 0.29) is 12.2 Å². The Labute approximate surface area is 169 Å². The highest BCUT2D eigenvalue weighted by molar-refractivity contribution is 9.10. The molecule has 4 nitrogen and oxygen atoms in total. The normalized spacial score (nSPS) is 18.9. The number of fused-ring (bicyclic) bond motifs is 1. The van der Waals surface area contributed by atoms with Crippen LogP contribution in [-0.2, 0) is 10.4 Å². The number of benzene rings is 2. The van der Waals surface area contributed by atoms with Gasteiger partial charge in [0, 0.05) is 26.6 Å². The molecule has 0 fully saturated rings. The number of ketones is 1. The first kappa shape index (κ1) is 19.3. The maximum Gasteiger partial charge on any atom is 0.264 e. The third-order valence-corrected chi connectivity index (χ3v) is 5.63. The fourth-order valence-corrected chi connectivity index (χ4v) is 3.83. The molecule has 1 N–H and O–H groups in total. The molecule has 1 aliphatic rings. The van der Waals surface area contributed by atoms with Gasteiger partial charge in [0.05, 0.1) is 12.1 Å². The summed E-state index contributed by atoms with van der Waals surface area (Å²) in [4.78, 5) is 27.3. The number of hydrogen-bond acceptors (Lipinski definition) is 3. The molecule has 1 aliphatic heterocycles. The molecule has 1 amide bonds. The summed E-state index contributed by atoms with van der Waals surface area (Å²) in [6.45, 7) is 2.57. The van der Waals surface area contributed by atoms with Gasteiger partial charge < -0.3 is 10.0 Å². The second-order valence-electron chi connectivity index (χ2n) is 6.44. The zero-order chi connectivity index (χ0) is 18.9. The van der Waals surface area contributed by atoms with E-state index in [9.17, 15) is 14.7 Å². The minimum Gasteiger partial charge on any atom is -0.375 e. The minimum atomic E-state index is -1.84. The number of unbranched alkanes of at least 4 members (excludes halogenated alkanes) is 1. The molecular weight excluding hydrogens is 462 g/mol. The second kappa shape index (κ2) is 7.62. The Morgan fingerprint density at radius 1 is 1.12 bits per heavy atom. The molecule has 0 aliphatic carbocycles. The molecule has 0 bridgehead atoms. The van der Waals surface area contributed by atoms with E-state index in [1.807, 2.05) is 19.1 Å². The van der Waals surface area contributed by atoms with Crippen molar-refractivity contribution in [2.75, 3.05) is 11.4 Å². The van der Waals surface area contributed by atoms with Gasteiger partial charge in [-0.1, -0.05) is 57.3 Å². The molecule has 2 aromatic carbocycles. The van der Waals surface area contributed by atoms with Gasteiger partial charge in [-0.15, -0.1) is 0 Å². The van der Waals surface area contributed by atoms with E-state index in [4.69, 9.17) is 0 Å². The van der Waals surface area contributed by atoms with Crippen molar-refractivity contribution in [3.63, 3.8) is 0 Å². The summed E-state index contributed by atoms with van der Waals surface area (Å²) in [6, 6.07) is 12.3. The summed E-state index contributed by atoms with van der Waals surface area (Å²) < 4.78 is 1.63. The fourth-order valence-electron chi connectivity index (χ4n) is 3.20. The largest absolute Gasteiger partial charge is 0.375 e. The smallest absolute Gasteiger partial charge is 0.264 e. The second-order valence-corrected chi connectivity index (χ2v) is 8.27. The molecule has 26 heavy (non-hydrogen) atoms. The number of amides is 1. The predicted molar refractivity (Wildman–Crippen MR) is 108 cm³/mol. The molecule has 0 saturated heterocycles. The van der Waals surface area contributed by atoms with Crippen molar-refractivity contribution in [3.05, 3.63) is 62.5 Å². The number of hydrogen-bond donors (Lipinski definition) is 1. The maximum absolute atomic E-state index is 13.0. The number of Topliss-reactive ketones (excluding diaryl/α,β-unsaturated/α-hetero) is 1. The molecular formula is C20H19Br2NO3. The predicted octanol–water partition coefficient (Wildman–Crippen LogP) is 4.82. The van der Waals surface area contributed by atoms with Crippen LogP contribution in [0.25, 0.3) is 0 Å². The molecule has 0 spiro atoms. The van der Waals surface area contributed by atoms with Gasteiger partial charge in [-0.2, -0.15) is 0 Å². The van der Waals surface area contributed by atoms with Crippen LogP contribution in [0.3, 0.4) is 0 Å². The zero-order valence-corrected chi connectivity index (χ0v) is 17.5. The third kappa shape index (κ3) is 3.50. The summed E-state index contributed by atoms with van der Waals surface area (Å²) in [7, 11) is 0. The Bertz CT molecular complexity index is 851. The van der Waals surface area contributed by atoms with Crippen molar-refractivity contribution in [2.24, 2.45) is 0 Å². The van der Waals surface area contributed by atoms with Crippen LogP contribution >= 0.6 is 31.9 Å². The Kier molecular flexibility index (Phi) is 5.65. The van der Waals surface area contributed by atoms with Gasteiger partial charge in [-0.05, 0) is 36.8 Å². The van der Waals surface area contributed by atoms with E-state index in [1.165, 1.54) is 0 Å². The molecule has 0 radical (unpaired) electrons. The third-order valence-electron chi connectivity index (χ3n) is 4.61. The van der Waals surface area contributed by atoms with Crippen LogP contribution in [0.15, 0.2) is 51.4 Å². The van der Waals surface area contributed by atoms with Gasteiger partial charge in [-0.3, -0.25) is 9.59 Å². The molecule has 1 atom stereocenters. The summed E-state index contributed by atoms with van der Waals surface area (Å²) in [5, 5.41) is 11.3. The average Bonchev–Trinajstić information content (AvgIpc) is 2.81. The quantitative estimate of drug-likeness (QED) is 0.603. The number of carbonyl (C=O) groups excluding carboxylic acids is 2. The lowest BCUT2D eigenvalue weighted by Gasteiger charge is -2.22. The first-order chi connectivity index (χ1) is 12.4. The number of halogens is 2. The van der Waals surface area contributed by atoms with Gasteiger partial charge in [0.1, 0.15) is 0 Å². The lowest BCUT2D eigenvalue weighted by molar-refractivity contribution is -0.135. The van der Waals surface area contributed by atoms with Gasteiger partial charge in [0.15, 0.2) is 11.4 Å². The van der Waals surface area contributed by atoms with Crippen molar-refractivity contribution in [3.8, 4) is 0 Å². The highest BCUT2D eigenvalue weighted by Gasteiger charge is 2.50. The molecule has 3 rings (SSSR count). The van der Waals surface area contributed by atoms with Crippen molar-refractivity contribution in [1.82, 2.24) is 0 Å². The number of aliphatic hydroxyl groups is 1. The first-order valence-electron chi connectivity index (χ1n) is 8.50. The molecule has 0 unspecified atom stereocenters. The lowest BCUT2D eigenvalue weighted by atomic mass is 9.88. The molecule has 0 aromatic heterocycles. The molecule has 136 valence electrons. The zero-order valence-electron chi connectivity index (χ0n) is 14.3. The lowest BCUT2D eigenvalue weighted by Crippen LogP contribution is -2.42. The summed E-state index contributed by atoms with van der Waals surface area (Å²) in [5.74, 6) is -0.693. The number of rotatable bonds is 6. The fraction of sp³-hybridized carbons (Fsp3) is 0.300. The van der Waals surface area contributed by atoms with Crippen molar-refractivity contribution >= 4 is 49.2 Å². The Morgan fingerprint density at radius 2 is 1.77 bits per heavy atom. The number of carbonyl (C=O) groups is 2. The summed E-state index contributed by atoms with van der Waals surface area (Å²) in [5.41, 5.74) is -0.203. The highest BCUT2D eigenvalue weighted by Crippen LogP contribution is 2.44. The number of nitrogens with zero attached hydrogens (tertiary/aromatic N) is 1. The Hall–Kier alpha value is -1.50. The van der Waals surface area contributed by atoms with Crippen LogP contribution < -0.4 is 4.90 Å². The maximum atomic E-state index is 13.0. The van der Waals surface area contributed by atoms with Crippen LogP contribution in [0, 0.1) is 0 Å². The summed E-state index contributed by atoms with van der Waals surface area (Å²) in [6.07, 6.45) is 1.49. The Morgan fingerprint density at radius 3 is 2.42 bits per heavy atom.